The largest absolute Gasteiger partial charge is 0.465 e. The zero-order valence-electron chi connectivity index (χ0n) is 14.1. The van der Waals surface area contributed by atoms with Crippen LogP contribution in [0.3, 0.4) is 0 Å². The molecule has 1 aromatic carbocycles. The van der Waals surface area contributed by atoms with Gasteiger partial charge in [-0.25, -0.2) is 9.97 Å². The number of amides is 1. The molecule has 0 radical (unpaired) electrons. The average molecular weight is 373 g/mol. The van der Waals surface area contributed by atoms with Gasteiger partial charge in [-0.3, -0.25) is 14.2 Å². The SMILES string of the molecule is CCOC(=O)CNC(=O)Cn1c(-c2cccc(Cl)c2)nc2cccnc21. The first-order valence-corrected chi connectivity index (χ1v) is 8.45. The van der Waals surface area contributed by atoms with Crippen molar-refractivity contribution in [2.75, 3.05) is 13.2 Å². The Morgan fingerprint density at radius 3 is 2.88 bits per heavy atom. The van der Waals surface area contributed by atoms with Gasteiger partial charge in [0, 0.05) is 16.8 Å². The number of hydrogen-bond acceptors (Lipinski definition) is 5. The number of aromatic nitrogens is 3. The van der Waals surface area contributed by atoms with Crippen LogP contribution in [-0.4, -0.2) is 39.6 Å². The van der Waals surface area contributed by atoms with Crippen LogP contribution in [0.25, 0.3) is 22.6 Å². The molecule has 3 aromatic rings. The van der Waals surface area contributed by atoms with Gasteiger partial charge in [0.2, 0.25) is 5.91 Å². The molecule has 0 aliphatic carbocycles. The number of nitrogens with zero attached hydrogens (tertiary/aromatic N) is 3. The van der Waals surface area contributed by atoms with Crippen LogP contribution in [0.1, 0.15) is 6.92 Å². The van der Waals surface area contributed by atoms with Crippen LogP contribution in [0.5, 0.6) is 0 Å². The Bertz CT molecular complexity index is 955. The lowest BCUT2D eigenvalue weighted by atomic mass is 10.2. The van der Waals surface area contributed by atoms with E-state index in [1.165, 1.54) is 0 Å². The third-order valence-corrected chi connectivity index (χ3v) is 3.86. The Hall–Kier alpha value is -2.93. The molecule has 2 heterocycles. The molecule has 8 heteroatoms. The minimum atomic E-state index is -0.482. The monoisotopic (exact) mass is 372 g/mol. The number of hydrogen-bond donors (Lipinski definition) is 1. The maximum atomic E-state index is 12.3. The predicted molar refractivity (Wildman–Crippen MR) is 97.6 cm³/mol. The summed E-state index contributed by atoms with van der Waals surface area (Å²) in [6.45, 7) is 1.76. The summed E-state index contributed by atoms with van der Waals surface area (Å²) in [5.74, 6) is -0.247. The molecular weight excluding hydrogens is 356 g/mol. The maximum Gasteiger partial charge on any atom is 0.325 e. The molecule has 0 saturated heterocycles. The lowest BCUT2D eigenvalue weighted by Crippen LogP contribution is -2.33. The lowest BCUT2D eigenvalue weighted by Gasteiger charge is -2.09. The zero-order chi connectivity index (χ0) is 18.5. The van der Waals surface area contributed by atoms with Crippen molar-refractivity contribution in [2.24, 2.45) is 0 Å². The summed E-state index contributed by atoms with van der Waals surface area (Å²) in [5, 5.41) is 3.11. The van der Waals surface area contributed by atoms with Gasteiger partial charge >= 0.3 is 5.97 Å². The van der Waals surface area contributed by atoms with E-state index < -0.39 is 5.97 Å². The highest BCUT2D eigenvalue weighted by atomic mass is 35.5. The molecule has 0 aliphatic rings. The second-order valence-electron chi connectivity index (χ2n) is 5.46. The number of halogens is 1. The number of rotatable bonds is 6. The Morgan fingerprint density at radius 1 is 1.27 bits per heavy atom. The normalized spacial score (nSPS) is 10.7. The number of carbonyl (C=O) groups is 2. The van der Waals surface area contributed by atoms with Gasteiger partial charge in [0.1, 0.15) is 24.4 Å². The number of nitrogens with one attached hydrogen (secondary N) is 1. The molecule has 0 spiro atoms. The number of imidazole rings is 1. The number of pyridine rings is 1. The van der Waals surface area contributed by atoms with Gasteiger partial charge in [-0.05, 0) is 31.2 Å². The molecule has 2 aromatic heterocycles. The molecule has 0 saturated carbocycles. The van der Waals surface area contributed by atoms with Crippen molar-refractivity contribution in [1.29, 1.82) is 0 Å². The third-order valence-electron chi connectivity index (χ3n) is 3.62. The van der Waals surface area contributed by atoms with Crippen LogP contribution in [0, 0.1) is 0 Å². The average Bonchev–Trinajstić information content (AvgIpc) is 2.99. The van der Waals surface area contributed by atoms with Crippen LogP contribution < -0.4 is 5.32 Å². The molecule has 26 heavy (non-hydrogen) atoms. The van der Waals surface area contributed by atoms with Crippen LogP contribution in [-0.2, 0) is 20.9 Å². The maximum absolute atomic E-state index is 12.3. The van der Waals surface area contributed by atoms with E-state index in [9.17, 15) is 9.59 Å². The van der Waals surface area contributed by atoms with Gasteiger partial charge < -0.3 is 10.1 Å². The minimum absolute atomic E-state index is 0.0330. The Balaban J connectivity index is 1.90. The number of benzene rings is 1. The number of esters is 1. The summed E-state index contributed by atoms with van der Waals surface area (Å²) in [6.07, 6.45) is 1.64. The second-order valence-corrected chi connectivity index (χ2v) is 5.90. The third kappa shape index (κ3) is 4.00. The van der Waals surface area contributed by atoms with E-state index >= 15 is 0 Å². The predicted octanol–water partition coefficient (Wildman–Crippen LogP) is 2.43. The molecule has 134 valence electrons. The van der Waals surface area contributed by atoms with E-state index in [1.54, 1.807) is 35.9 Å². The smallest absolute Gasteiger partial charge is 0.325 e. The van der Waals surface area contributed by atoms with Crippen LogP contribution in [0.4, 0.5) is 0 Å². The number of ether oxygens (including phenoxy) is 1. The molecule has 0 bridgehead atoms. The van der Waals surface area contributed by atoms with Crippen molar-refractivity contribution in [3.05, 3.63) is 47.6 Å². The Kier molecular flexibility index (Phi) is 5.48. The summed E-state index contributed by atoms with van der Waals surface area (Å²) >= 11 is 6.08. The highest BCUT2D eigenvalue weighted by molar-refractivity contribution is 6.30. The fourth-order valence-electron chi connectivity index (χ4n) is 2.54. The Morgan fingerprint density at radius 2 is 2.12 bits per heavy atom. The first-order chi connectivity index (χ1) is 12.6. The first kappa shape index (κ1) is 17.9. The van der Waals surface area contributed by atoms with Gasteiger partial charge in [0.15, 0.2) is 5.65 Å². The van der Waals surface area contributed by atoms with Gasteiger partial charge in [0.25, 0.3) is 0 Å². The van der Waals surface area contributed by atoms with Crippen molar-refractivity contribution in [1.82, 2.24) is 19.9 Å². The molecule has 1 N–H and O–H groups in total. The highest BCUT2D eigenvalue weighted by Crippen LogP contribution is 2.25. The first-order valence-electron chi connectivity index (χ1n) is 8.08. The Labute approximate surface area is 155 Å². The molecule has 1 amide bonds. The number of carbonyl (C=O) groups excluding carboxylic acids is 2. The topological polar surface area (TPSA) is 86.1 Å². The molecule has 3 rings (SSSR count). The van der Waals surface area contributed by atoms with Crippen molar-refractivity contribution in [2.45, 2.75) is 13.5 Å². The fourth-order valence-corrected chi connectivity index (χ4v) is 2.73. The van der Waals surface area contributed by atoms with E-state index in [2.05, 4.69) is 15.3 Å². The van der Waals surface area contributed by atoms with E-state index in [-0.39, 0.29) is 25.6 Å². The van der Waals surface area contributed by atoms with Crippen molar-refractivity contribution >= 4 is 34.6 Å². The summed E-state index contributed by atoms with van der Waals surface area (Å²) < 4.78 is 6.50. The van der Waals surface area contributed by atoms with Gasteiger partial charge in [-0.1, -0.05) is 23.7 Å². The van der Waals surface area contributed by atoms with Crippen molar-refractivity contribution < 1.29 is 14.3 Å². The van der Waals surface area contributed by atoms with Gasteiger partial charge in [-0.15, -0.1) is 0 Å². The molecule has 0 atom stereocenters. The zero-order valence-corrected chi connectivity index (χ0v) is 14.9. The number of fused-ring (bicyclic) bond motifs is 1. The summed E-state index contributed by atoms with van der Waals surface area (Å²) in [7, 11) is 0. The molecule has 0 aliphatic heterocycles. The molecule has 0 fully saturated rings. The molecular formula is C18H17ClN4O3. The van der Waals surface area contributed by atoms with E-state index in [1.807, 2.05) is 18.2 Å². The van der Waals surface area contributed by atoms with Crippen molar-refractivity contribution in [3.8, 4) is 11.4 Å². The van der Waals surface area contributed by atoms with Gasteiger partial charge in [-0.2, -0.15) is 0 Å². The summed E-state index contributed by atoms with van der Waals surface area (Å²) in [5.41, 5.74) is 2.02. The summed E-state index contributed by atoms with van der Waals surface area (Å²) in [6, 6.07) is 10.8. The van der Waals surface area contributed by atoms with Crippen LogP contribution in [0.15, 0.2) is 42.6 Å². The van der Waals surface area contributed by atoms with E-state index in [4.69, 9.17) is 16.3 Å². The van der Waals surface area contributed by atoms with Crippen LogP contribution in [0.2, 0.25) is 5.02 Å². The fraction of sp³-hybridized carbons (Fsp3) is 0.222. The quantitative estimate of drug-likeness (QED) is 0.671. The molecule has 0 unspecified atom stereocenters. The summed E-state index contributed by atoms with van der Waals surface area (Å²) in [4.78, 5) is 32.6. The molecule has 7 nitrogen and oxygen atoms in total. The van der Waals surface area contributed by atoms with Gasteiger partial charge in [0.05, 0.1) is 6.61 Å². The minimum Gasteiger partial charge on any atom is -0.465 e. The van der Waals surface area contributed by atoms with Crippen molar-refractivity contribution in [3.63, 3.8) is 0 Å². The standard InChI is InChI=1S/C18H17ClN4O3/c1-2-26-16(25)10-21-15(24)11-23-17(12-5-3-6-13(19)9-12)22-14-7-4-8-20-18(14)23/h3-9H,2,10-11H2,1H3,(H,21,24). The highest BCUT2D eigenvalue weighted by Gasteiger charge is 2.17. The second kappa shape index (κ2) is 7.97. The van der Waals surface area contributed by atoms with E-state index in [0.717, 1.165) is 5.56 Å². The lowest BCUT2D eigenvalue weighted by molar-refractivity contribution is -0.143. The van der Waals surface area contributed by atoms with Crippen LogP contribution >= 0.6 is 11.6 Å². The van der Waals surface area contributed by atoms with E-state index in [0.29, 0.717) is 22.0 Å².